The van der Waals surface area contributed by atoms with E-state index in [0.717, 1.165) is 25.0 Å². The molecule has 6 atom stereocenters. The molecule has 1 aliphatic carbocycles. The van der Waals surface area contributed by atoms with Crippen molar-refractivity contribution in [1.29, 1.82) is 0 Å². The monoisotopic (exact) mass is 711 g/mol. The van der Waals surface area contributed by atoms with E-state index >= 15 is 0 Å². The fourth-order valence-corrected chi connectivity index (χ4v) is 9.41. The van der Waals surface area contributed by atoms with Crippen LogP contribution in [0.3, 0.4) is 0 Å². The van der Waals surface area contributed by atoms with Gasteiger partial charge in [0, 0.05) is 81.5 Å². The molecule has 15 heteroatoms. The number of nitrogens with two attached hydrogens (primary N) is 1. The van der Waals surface area contributed by atoms with E-state index in [1.807, 2.05) is 47.7 Å². The summed E-state index contributed by atoms with van der Waals surface area (Å²) >= 11 is 0. The van der Waals surface area contributed by atoms with Crippen LogP contribution < -0.4 is 21.7 Å². The molecule has 0 saturated heterocycles. The Hall–Kier alpha value is -2.43. The molecule has 1 fully saturated rings. The predicted octanol–water partition coefficient (Wildman–Crippen LogP) is 2.70. The summed E-state index contributed by atoms with van der Waals surface area (Å²) < 4.78 is 20.0. The van der Waals surface area contributed by atoms with Crippen molar-refractivity contribution in [1.82, 2.24) is 30.9 Å². The van der Waals surface area contributed by atoms with Crippen LogP contribution in [0, 0.1) is 30.6 Å². The first kappa shape index (κ1) is 42.7. The maximum absolute atomic E-state index is 13.3. The van der Waals surface area contributed by atoms with Crippen LogP contribution in [0.4, 0.5) is 0 Å². The molecule has 0 aliphatic heterocycles. The molecular weight excluding hydrogens is 647 g/mol. The fourth-order valence-electron chi connectivity index (χ4n) is 6.52. The molecule has 0 spiro atoms. The summed E-state index contributed by atoms with van der Waals surface area (Å²) in [6, 6.07) is 0.644. The quantitative estimate of drug-likeness (QED) is 0.0787. The highest BCUT2D eigenvalue weighted by atomic mass is 28.4. The Labute approximate surface area is 294 Å². The van der Waals surface area contributed by atoms with Gasteiger partial charge in [-0.15, -0.1) is 5.10 Å². The Kier molecular flexibility index (Phi) is 18.9. The van der Waals surface area contributed by atoms with Crippen molar-refractivity contribution >= 4 is 26.5 Å². The molecule has 0 radical (unpaired) electrons. The summed E-state index contributed by atoms with van der Waals surface area (Å²) in [7, 11) is -1.15. The molecule has 1 aromatic heterocycles. The zero-order valence-electron chi connectivity index (χ0n) is 31.2. The number of nitrogens with one attached hydrogen (secondary N) is 3. The van der Waals surface area contributed by atoms with Gasteiger partial charge >= 0.3 is 8.80 Å². The van der Waals surface area contributed by atoms with E-state index in [0.29, 0.717) is 63.8 Å². The fraction of sp³-hybridized carbons (Fsp3) is 0.853. The smallest absolute Gasteiger partial charge is 0.391 e. The van der Waals surface area contributed by atoms with Crippen molar-refractivity contribution in [3.8, 4) is 0 Å². The molecular formula is C34H65N7O7Si. The van der Waals surface area contributed by atoms with Crippen molar-refractivity contribution in [2.45, 2.75) is 137 Å². The molecule has 0 bridgehead atoms. The number of hydrogen-bond acceptors (Lipinski definition) is 10. The number of aryl methyl sites for hydroxylation is 2. The summed E-state index contributed by atoms with van der Waals surface area (Å²) in [6.45, 7) is 15.4. The molecule has 6 unspecified atom stereocenters. The van der Waals surface area contributed by atoms with Gasteiger partial charge in [0.2, 0.25) is 17.7 Å². The van der Waals surface area contributed by atoms with Gasteiger partial charge in [0.1, 0.15) is 0 Å². The summed E-state index contributed by atoms with van der Waals surface area (Å²) in [5.74, 6) is -1.86. The number of hydrogen-bond donors (Lipinski definition) is 5. The van der Waals surface area contributed by atoms with Gasteiger partial charge in [0.25, 0.3) is 0 Å². The minimum atomic E-state index is -2.81. The number of nitrogens with zero attached hydrogens (tertiary/aromatic N) is 3. The van der Waals surface area contributed by atoms with E-state index < -0.39 is 32.7 Å². The van der Waals surface area contributed by atoms with E-state index in [4.69, 9.17) is 19.0 Å². The molecule has 49 heavy (non-hydrogen) atoms. The Morgan fingerprint density at radius 2 is 1.67 bits per heavy atom. The second-order valence-corrected chi connectivity index (χ2v) is 16.9. The van der Waals surface area contributed by atoms with Crippen molar-refractivity contribution in [3.05, 3.63) is 11.9 Å². The first-order valence-electron chi connectivity index (χ1n) is 18.2. The number of rotatable bonds is 24. The van der Waals surface area contributed by atoms with Crippen LogP contribution in [-0.4, -0.2) is 97.7 Å². The number of primary amides is 1. The van der Waals surface area contributed by atoms with Gasteiger partial charge in [-0.05, 0) is 91.9 Å². The van der Waals surface area contributed by atoms with Crippen LogP contribution in [0.15, 0.2) is 6.20 Å². The molecule has 1 aliphatic rings. The Balaban J connectivity index is 1.83. The van der Waals surface area contributed by atoms with Gasteiger partial charge in [-0.25, -0.2) is 0 Å². The Morgan fingerprint density at radius 1 is 1.02 bits per heavy atom. The summed E-state index contributed by atoms with van der Waals surface area (Å²) in [4.78, 5) is 38.2. The van der Waals surface area contributed by atoms with E-state index in [-0.39, 0.29) is 42.4 Å². The average molecular weight is 712 g/mol. The van der Waals surface area contributed by atoms with E-state index in [1.165, 1.54) is 0 Å². The van der Waals surface area contributed by atoms with E-state index in [2.05, 4.69) is 26.3 Å². The largest absolute Gasteiger partial charge is 0.501 e. The second kappa shape index (κ2) is 21.7. The zero-order valence-corrected chi connectivity index (χ0v) is 32.2. The van der Waals surface area contributed by atoms with Crippen LogP contribution in [-0.2, 0) is 34.2 Å². The lowest BCUT2D eigenvalue weighted by Crippen LogP contribution is -2.49. The summed E-state index contributed by atoms with van der Waals surface area (Å²) in [5, 5.41) is 28.3. The van der Waals surface area contributed by atoms with Gasteiger partial charge < -0.3 is 40.1 Å². The highest BCUT2D eigenvalue weighted by molar-refractivity contribution is 6.60. The first-order chi connectivity index (χ1) is 23.2. The van der Waals surface area contributed by atoms with Gasteiger partial charge in [-0.2, -0.15) is 0 Å². The highest BCUT2D eigenvalue weighted by Gasteiger charge is 2.43. The van der Waals surface area contributed by atoms with Gasteiger partial charge in [0.05, 0.1) is 11.8 Å². The third-order valence-corrected chi connectivity index (χ3v) is 12.4. The maximum Gasteiger partial charge on any atom is 0.501 e. The third kappa shape index (κ3) is 15.6. The minimum absolute atomic E-state index is 0.00226. The summed E-state index contributed by atoms with van der Waals surface area (Å²) in [5.41, 5.74) is 6.38. The third-order valence-electron chi connectivity index (χ3n) is 9.20. The Bertz CT molecular complexity index is 1130. The molecule has 282 valence electrons. The van der Waals surface area contributed by atoms with Crippen LogP contribution >= 0.6 is 0 Å². The average Bonchev–Trinajstić information content (AvgIpc) is 3.46. The molecule has 2 rings (SSSR count). The molecule has 1 aromatic rings. The molecule has 0 aromatic carbocycles. The maximum atomic E-state index is 13.3. The SMILES string of the molecule is CCC(CC(CC(C)C(N)=O)C(=O)NCCNC1CCC(CC[Si](OC)(OC(C)C)OC(C)C)CC1O)C(=O)NCCCn1cc(C)nn1. The topological polar surface area (TPSA) is 192 Å². The Morgan fingerprint density at radius 3 is 2.22 bits per heavy atom. The number of aromatic nitrogens is 3. The molecule has 3 amide bonds. The van der Waals surface area contributed by atoms with Gasteiger partial charge in [0.15, 0.2) is 0 Å². The molecule has 14 nitrogen and oxygen atoms in total. The van der Waals surface area contributed by atoms with Gasteiger partial charge in [-0.3, -0.25) is 19.1 Å². The normalized spacial score (nSPS) is 20.3. The van der Waals surface area contributed by atoms with Crippen molar-refractivity contribution in [2.24, 2.45) is 29.4 Å². The number of carbonyl (C=O) groups is 3. The summed E-state index contributed by atoms with van der Waals surface area (Å²) in [6.07, 6.45) is 6.54. The number of aliphatic hydroxyl groups excluding tert-OH is 1. The van der Waals surface area contributed by atoms with Gasteiger partial charge in [-0.1, -0.05) is 19.1 Å². The van der Waals surface area contributed by atoms with E-state index in [1.54, 1.807) is 18.7 Å². The second-order valence-electron chi connectivity index (χ2n) is 14.2. The molecule has 1 heterocycles. The number of aliphatic hydroxyl groups is 1. The van der Waals surface area contributed by atoms with Crippen molar-refractivity contribution in [2.75, 3.05) is 26.7 Å². The molecule has 6 N–H and O–H groups in total. The first-order valence-corrected chi connectivity index (χ1v) is 20.1. The van der Waals surface area contributed by atoms with E-state index in [9.17, 15) is 19.5 Å². The minimum Gasteiger partial charge on any atom is -0.391 e. The lowest BCUT2D eigenvalue weighted by atomic mass is 9.82. The standard InChI is InChI=1S/C34H65N7O7Si/c1-9-28(33(44)37-14-10-17-41-22-26(7)39-40-41)21-29(19-25(6)32(35)43)34(45)38-16-15-36-30-12-11-27(20-31(30)42)13-18-49(46-8,47-23(2)3)48-24(4)5/h22-25,27-31,36,42H,9-21H2,1-8H3,(H2,35,43)(H,37,44)(H,38,45). The van der Waals surface area contributed by atoms with Crippen LogP contribution in [0.25, 0.3) is 0 Å². The van der Waals surface area contributed by atoms with Crippen molar-refractivity contribution < 1.29 is 32.8 Å². The van der Waals surface area contributed by atoms with Crippen LogP contribution in [0.5, 0.6) is 0 Å². The van der Waals surface area contributed by atoms with Crippen LogP contribution in [0.1, 0.15) is 98.6 Å². The highest BCUT2D eigenvalue weighted by Crippen LogP contribution is 2.32. The van der Waals surface area contributed by atoms with Crippen molar-refractivity contribution in [3.63, 3.8) is 0 Å². The lowest BCUT2D eigenvalue weighted by molar-refractivity contribution is -0.129. The molecule has 1 saturated carbocycles. The lowest BCUT2D eigenvalue weighted by Gasteiger charge is -2.36. The zero-order chi connectivity index (χ0) is 36.6. The van der Waals surface area contributed by atoms with Crippen LogP contribution in [0.2, 0.25) is 6.04 Å². The number of carbonyl (C=O) groups excluding carboxylic acids is 3. The predicted molar refractivity (Wildman–Crippen MR) is 190 cm³/mol. The number of amides is 3.